The van der Waals surface area contributed by atoms with Crippen LogP contribution in [0.25, 0.3) is 0 Å². The molecule has 2 N–H and O–H groups in total. The van der Waals surface area contributed by atoms with Crippen LogP contribution in [0.5, 0.6) is 0 Å². The van der Waals surface area contributed by atoms with E-state index in [4.69, 9.17) is 4.74 Å². The van der Waals surface area contributed by atoms with Crippen LogP contribution in [0.1, 0.15) is 40.0 Å². The smallest absolute Gasteiger partial charge is 0.0900 e. The molecule has 0 aromatic carbocycles. The van der Waals surface area contributed by atoms with E-state index < -0.39 is 0 Å². The molecule has 0 aromatic heterocycles. The van der Waals surface area contributed by atoms with E-state index >= 15 is 0 Å². The predicted molar refractivity (Wildman–Crippen MR) is 79.4 cm³/mol. The zero-order chi connectivity index (χ0) is 14.1. The number of nitrogens with zero attached hydrogens (tertiary/aromatic N) is 1. The number of aliphatic hydroxyl groups is 1. The zero-order valence-electron chi connectivity index (χ0n) is 12.9. The molecule has 1 fully saturated rings. The lowest BCUT2D eigenvalue weighted by Crippen LogP contribution is -2.44. The Bertz CT molecular complexity index is 224. The van der Waals surface area contributed by atoms with Gasteiger partial charge in [-0.2, -0.15) is 0 Å². The van der Waals surface area contributed by atoms with E-state index in [1.165, 1.54) is 19.3 Å². The maximum Gasteiger partial charge on any atom is 0.0900 e. The van der Waals surface area contributed by atoms with Crippen molar-refractivity contribution in [3.63, 3.8) is 0 Å². The minimum Gasteiger partial charge on any atom is -0.389 e. The highest BCUT2D eigenvalue weighted by Crippen LogP contribution is 2.16. The molecule has 1 saturated heterocycles. The molecule has 4 heteroatoms. The van der Waals surface area contributed by atoms with Gasteiger partial charge in [0.2, 0.25) is 0 Å². The quantitative estimate of drug-likeness (QED) is 0.624. The molecule has 0 amide bonds. The molecule has 1 heterocycles. The first-order valence-electron chi connectivity index (χ1n) is 7.84. The lowest BCUT2D eigenvalue weighted by Gasteiger charge is -2.34. The highest BCUT2D eigenvalue weighted by molar-refractivity contribution is 4.76. The third kappa shape index (κ3) is 7.88. The molecule has 114 valence electrons. The second kappa shape index (κ2) is 9.70. The third-order valence-electron chi connectivity index (χ3n) is 3.55. The third-order valence-corrected chi connectivity index (χ3v) is 3.55. The van der Waals surface area contributed by atoms with Crippen molar-refractivity contribution in [3.8, 4) is 0 Å². The lowest BCUT2D eigenvalue weighted by molar-refractivity contribution is -0.0134. The van der Waals surface area contributed by atoms with Gasteiger partial charge in [0, 0.05) is 13.1 Å². The van der Waals surface area contributed by atoms with Gasteiger partial charge in [-0.25, -0.2) is 0 Å². The van der Waals surface area contributed by atoms with Crippen LogP contribution in [0.3, 0.4) is 0 Å². The zero-order valence-corrected chi connectivity index (χ0v) is 12.9. The number of β-amino-alcohol motifs (C(OH)–C–C–N with tert-alkyl or cyclic N) is 1. The Morgan fingerprint density at radius 2 is 2.21 bits per heavy atom. The molecule has 0 radical (unpaired) electrons. The Balaban J connectivity index is 2.18. The number of piperidine rings is 1. The summed E-state index contributed by atoms with van der Waals surface area (Å²) in [6.45, 7) is 11.9. The minimum atomic E-state index is -0.357. The number of likely N-dealkylation sites (tertiary alicyclic amines) is 1. The molecule has 1 aliphatic rings. The number of rotatable bonds is 9. The van der Waals surface area contributed by atoms with E-state index in [1.54, 1.807) is 0 Å². The van der Waals surface area contributed by atoms with Gasteiger partial charge in [-0.1, -0.05) is 6.92 Å². The van der Waals surface area contributed by atoms with Crippen LogP contribution in [0.4, 0.5) is 0 Å². The summed E-state index contributed by atoms with van der Waals surface area (Å²) in [7, 11) is 0. The highest BCUT2D eigenvalue weighted by Gasteiger charge is 2.21. The first-order valence-corrected chi connectivity index (χ1v) is 7.84. The van der Waals surface area contributed by atoms with E-state index in [2.05, 4.69) is 17.1 Å². The second-order valence-corrected chi connectivity index (χ2v) is 6.01. The fourth-order valence-corrected chi connectivity index (χ4v) is 2.62. The Morgan fingerprint density at radius 1 is 1.42 bits per heavy atom. The van der Waals surface area contributed by atoms with Crippen LogP contribution in [0, 0.1) is 5.92 Å². The molecule has 0 saturated carbocycles. The standard InChI is InChI=1S/C15H32N2O2/c1-4-7-16-9-14-6-5-8-17(10-14)11-15(18)12-19-13(2)3/h13-16,18H,4-12H2,1-3H3. The molecule has 0 spiro atoms. The van der Waals surface area contributed by atoms with Crippen molar-refractivity contribution in [3.05, 3.63) is 0 Å². The fraction of sp³-hybridized carbons (Fsp3) is 1.00. The number of hydrogen-bond acceptors (Lipinski definition) is 4. The molecule has 0 aromatic rings. The summed E-state index contributed by atoms with van der Waals surface area (Å²) in [5.74, 6) is 0.735. The molecule has 0 aliphatic carbocycles. The van der Waals surface area contributed by atoms with Crippen molar-refractivity contribution in [1.82, 2.24) is 10.2 Å². The van der Waals surface area contributed by atoms with Crippen LogP contribution >= 0.6 is 0 Å². The molecule has 1 aliphatic heterocycles. The van der Waals surface area contributed by atoms with Crippen molar-refractivity contribution in [2.24, 2.45) is 5.92 Å². The summed E-state index contributed by atoms with van der Waals surface area (Å²) in [6.07, 6.45) is 3.59. The topological polar surface area (TPSA) is 44.7 Å². The number of ether oxygens (including phenoxy) is 1. The normalized spacial score (nSPS) is 22.9. The molecule has 19 heavy (non-hydrogen) atoms. The van der Waals surface area contributed by atoms with Crippen molar-refractivity contribution >= 4 is 0 Å². The maximum atomic E-state index is 9.97. The predicted octanol–water partition coefficient (Wildman–Crippen LogP) is 1.48. The van der Waals surface area contributed by atoms with Crippen LogP contribution in [-0.2, 0) is 4.74 Å². The van der Waals surface area contributed by atoms with Crippen molar-refractivity contribution in [1.29, 1.82) is 0 Å². The van der Waals surface area contributed by atoms with Gasteiger partial charge in [0.1, 0.15) is 0 Å². The summed E-state index contributed by atoms with van der Waals surface area (Å²) >= 11 is 0. The molecular formula is C15H32N2O2. The average Bonchev–Trinajstić information content (AvgIpc) is 2.37. The van der Waals surface area contributed by atoms with Gasteiger partial charge in [0.15, 0.2) is 0 Å². The van der Waals surface area contributed by atoms with E-state index in [0.717, 1.165) is 38.6 Å². The number of hydrogen-bond donors (Lipinski definition) is 2. The second-order valence-electron chi connectivity index (χ2n) is 6.01. The molecule has 1 rings (SSSR count). The van der Waals surface area contributed by atoms with E-state index in [1.807, 2.05) is 13.8 Å². The van der Waals surface area contributed by atoms with Gasteiger partial charge in [-0.3, -0.25) is 0 Å². The van der Waals surface area contributed by atoms with Crippen molar-refractivity contribution in [2.45, 2.75) is 52.2 Å². The van der Waals surface area contributed by atoms with E-state index in [-0.39, 0.29) is 12.2 Å². The van der Waals surface area contributed by atoms with Crippen LogP contribution in [0.2, 0.25) is 0 Å². The summed E-state index contributed by atoms with van der Waals surface area (Å²) in [6, 6.07) is 0. The van der Waals surface area contributed by atoms with Crippen molar-refractivity contribution in [2.75, 3.05) is 39.3 Å². The molecule has 2 unspecified atom stereocenters. The SMILES string of the molecule is CCCNCC1CCCN(CC(O)COC(C)C)C1. The largest absolute Gasteiger partial charge is 0.389 e. The van der Waals surface area contributed by atoms with Crippen LogP contribution in [0.15, 0.2) is 0 Å². The molecule has 0 bridgehead atoms. The van der Waals surface area contributed by atoms with Gasteiger partial charge >= 0.3 is 0 Å². The molecule has 2 atom stereocenters. The molecule has 4 nitrogen and oxygen atoms in total. The van der Waals surface area contributed by atoms with Gasteiger partial charge in [0.05, 0.1) is 18.8 Å². The van der Waals surface area contributed by atoms with Crippen molar-refractivity contribution < 1.29 is 9.84 Å². The monoisotopic (exact) mass is 272 g/mol. The average molecular weight is 272 g/mol. The van der Waals surface area contributed by atoms with Crippen LogP contribution < -0.4 is 5.32 Å². The summed E-state index contributed by atoms with van der Waals surface area (Å²) in [5, 5.41) is 13.5. The number of nitrogens with one attached hydrogen (secondary N) is 1. The summed E-state index contributed by atoms with van der Waals surface area (Å²) in [5.41, 5.74) is 0. The Morgan fingerprint density at radius 3 is 2.89 bits per heavy atom. The fourth-order valence-electron chi connectivity index (χ4n) is 2.62. The summed E-state index contributed by atoms with van der Waals surface area (Å²) < 4.78 is 5.46. The lowest BCUT2D eigenvalue weighted by atomic mass is 9.97. The first kappa shape index (κ1) is 16.9. The van der Waals surface area contributed by atoms with Crippen LogP contribution in [-0.4, -0.2) is 61.5 Å². The van der Waals surface area contributed by atoms with E-state index in [9.17, 15) is 5.11 Å². The Hall–Kier alpha value is -0.160. The van der Waals surface area contributed by atoms with Gasteiger partial charge in [-0.15, -0.1) is 0 Å². The summed E-state index contributed by atoms with van der Waals surface area (Å²) in [4.78, 5) is 2.39. The van der Waals surface area contributed by atoms with E-state index in [0.29, 0.717) is 6.61 Å². The van der Waals surface area contributed by atoms with Gasteiger partial charge in [0.25, 0.3) is 0 Å². The maximum absolute atomic E-state index is 9.97. The Labute approximate surface area is 118 Å². The Kier molecular flexibility index (Phi) is 8.62. The highest BCUT2D eigenvalue weighted by atomic mass is 16.5. The van der Waals surface area contributed by atoms with Gasteiger partial charge in [-0.05, 0) is 58.7 Å². The number of aliphatic hydroxyl groups excluding tert-OH is 1. The van der Waals surface area contributed by atoms with Gasteiger partial charge < -0.3 is 20.1 Å². The molecular weight excluding hydrogens is 240 g/mol. The first-order chi connectivity index (χ1) is 9.11. The minimum absolute atomic E-state index is 0.196.